The van der Waals surface area contributed by atoms with E-state index in [1.807, 2.05) is 34.9 Å². The summed E-state index contributed by atoms with van der Waals surface area (Å²) in [5.41, 5.74) is 2.15. The maximum atomic E-state index is 13.1. The highest BCUT2D eigenvalue weighted by molar-refractivity contribution is 6.03. The van der Waals surface area contributed by atoms with E-state index in [2.05, 4.69) is 31.2 Å². The molecule has 144 valence electrons. The average molecular weight is 370 g/mol. The first kappa shape index (κ1) is 19.1. The lowest BCUT2D eigenvalue weighted by Crippen LogP contribution is -2.39. The molecule has 0 radical (unpaired) electrons. The molecule has 1 N–H and O–H groups in total. The minimum Gasteiger partial charge on any atom is -0.383 e. The molecular weight excluding hydrogens is 344 g/mol. The van der Waals surface area contributed by atoms with Crippen molar-refractivity contribution in [3.05, 3.63) is 36.0 Å². The van der Waals surface area contributed by atoms with Crippen LogP contribution < -0.4 is 5.32 Å². The second-order valence-electron chi connectivity index (χ2n) is 7.68. The van der Waals surface area contributed by atoms with Crippen molar-refractivity contribution in [2.45, 2.75) is 27.3 Å². The van der Waals surface area contributed by atoms with E-state index < -0.39 is 0 Å². The van der Waals surface area contributed by atoms with Gasteiger partial charge >= 0.3 is 0 Å². The molecule has 0 fully saturated rings. The number of methoxy groups -OCH3 is 1. The third-order valence-corrected chi connectivity index (χ3v) is 4.60. The Morgan fingerprint density at radius 1 is 1.30 bits per heavy atom. The summed E-state index contributed by atoms with van der Waals surface area (Å²) in [6.07, 6.45) is 0. The number of rotatable bonds is 5. The summed E-state index contributed by atoms with van der Waals surface area (Å²) in [5.74, 6) is -0.533. The zero-order valence-corrected chi connectivity index (χ0v) is 16.3. The first-order valence-electron chi connectivity index (χ1n) is 9.05. The summed E-state index contributed by atoms with van der Waals surface area (Å²) in [5, 5.41) is 9.60. The predicted molar refractivity (Wildman–Crippen MR) is 105 cm³/mol. The van der Waals surface area contributed by atoms with Crippen molar-refractivity contribution in [1.82, 2.24) is 14.9 Å². The second kappa shape index (κ2) is 7.52. The molecular formula is C20H26N4O3. The number of hydrogen-bond donors (Lipinski definition) is 1. The van der Waals surface area contributed by atoms with E-state index in [1.165, 1.54) is 5.01 Å². The Labute approximate surface area is 159 Å². The molecule has 1 aromatic heterocycles. The van der Waals surface area contributed by atoms with Crippen LogP contribution >= 0.6 is 0 Å². The van der Waals surface area contributed by atoms with Crippen molar-refractivity contribution in [2.75, 3.05) is 26.8 Å². The fourth-order valence-corrected chi connectivity index (χ4v) is 3.04. The molecule has 0 atom stereocenters. The highest BCUT2D eigenvalue weighted by Gasteiger charge is 2.31. The van der Waals surface area contributed by atoms with Crippen LogP contribution in [0.1, 0.15) is 31.3 Å². The number of benzene rings is 1. The Hall–Kier alpha value is -2.67. The van der Waals surface area contributed by atoms with Gasteiger partial charge in [0.1, 0.15) is 12.2 Å². The zero-order valence-electron chi connectivity index (χ0n) is 16.3. The molecule has 2 heterocycles. The minimum absolute atomic E-state index is 0.121. The Morgan fingerprint density at radius 2 is 2.04 bits per heavy atom. The molecule has 0 spiro atoms. The van der Waals surface area contributed by atoms with Crippen molar-refractivity contribution in [2.24, 2.45) is 10.5 Å². The predicted octanol–water partition coefficient (Wildman–Crippen LogP) is 2.26. The van der Waals surface area contributed by atoms with E-state index in [1.54, 1.807) is 7.11 Å². The number of hydrogen-bond acceptors (Lipinski definition) is 4. The van der Waals surface area contributed by atoms with Crippen LogP contribution in [0.5, 0.6) is 0 Å². The van der Waals surface area contributed by atoms with Crippen LogP contribution in [0.25, 0.3) is 10.9 Å². The Balaban J connectivity index is 1.97. The summed E-state index contributed by atoms with van der Waals surface area (Å²) in [6.45, 7) is 7.39. The summed E-state index contributed by atoms with van der Waals surface area (Å²) >= 11 is 0. The van der Waals surface area contributed by atoms with Crippen molar-refractivity contribution in [1.29, 1.82) is 0 Å². The molecule has 3 rings (SSSR count). The average Bonchev–Trinajstić information content (AvgIpc) is 2.91. The van der Waals surface area contributed by atoms with Gasteiger partial charge in [0, 0.05) is 30.0 Å². The quantitative estimate of drug-likeness (QED) is 0.821. The third kappa shape index (κ3) is 4.03. The number of ether oxygens (including phenoxy) is 1. The molecule has 1 aromatic carbocycles. The number of fused-ring (bicyclic) bond motifs is 3. The van der Waals surface area contributed by atoms with Gasteiger partial charge in [-0.25, -0.2) is 5.01 Å². The molecule has 0 saturated heterocycles. The number of hydrazone groups is 1. The van der Waals surface area contributed by atoms with Gasteiger partial charge in [-0.1, -0.05) is 39.0 Å². The van der Waals surface area contributed by atoms with Gasteiger partial charge in [0.05, 0.1) is 18.9 Å². The monoisotopic (exact) mass is 370 g/mol. The fraction of sp³-hybridized carbons (Fsp3) is 0.450. The lowest BCUT2D eigenvalue weighted by Gasteiger charge is -2.23. The maximum absolute atomic E-state index is 13.1. The molecule has 0 saturated carbocycles. The number of carbonyl (C=O) groups excluding carboxylic acids is 2. The summed E-state index contributed by atoms with van der Waals surface area (Å²) < 4.78 is 6.93. The van der Waals surface area contributed by atoms with Crippen LogP contribution in [0.2, 0.25) is 0 Å². The molecule has 0 unspecified atom stereocenters. The number of nitrogens with zero attached hydrogens (tertiary/aromatic N) is 3. The second-order valence-corrected chi connectivity index (χ2v) is 7.68. The first-order valence-corrected chi connectivity index (χ1v) is 9.05. The van der Waals surface area contributed by atoms with Crippen LogP contribution in [-0.2, 0) is 16.1 Å². The van der Waals surface area contributed by atoms with Crippen molar-refractivity contribution < 1.29 is 14.3 Å². The SMILES string of the molecule is COCCNC(=O)CN1N=C(C(C)(C)C)Cn2c(cc3ccccc32)C1=O. The third-order valence-electron chi connectivity index (χ3n) is 4.60. The standard InChI is InChI=1S/C20H26N4O3/c1-20(2,3)17-12-23-15-8-6-5-7-14(15)11-16(23)19(26)24(22-17)13-18(25)21-9-10-27-4/h5-8,11H,9-10,12-13H2,1-4H3,(H,21,25). The summed E-state index contributed by atoms with van der Waals surface area (Å²) in [7, 11) is 1.57. The van der Waals surface area contributed by atoms with Crippen LogP contribution in [-0.4, -0.2) is 53.9 Å². The lowest BCUT2D eigenvalue weighted by molar-refractivity contribution is -0.122. The lowest BCUT2D eigenvalue weighted by atomic mass is 9.90. The molecule has 0 bridgehead atoms. The van der Waals surface area contributed by atoms with E-state index in [4.69, 9.17) is 4.74 Å². The molecule has 2 aromatic rings. The van der Waals surface area contributed by atoms with Gasteiger partial charge in [-0.15, -0.1) is 0 Å². The van der Waals surface area contributed by atoms with Gasteiger partial charge in [-0.2, -0.15) is 5.10 Å². The van der Waals surface area contributed by atoms with Crippen molar-refractivity contribution in [3.63, 3.8) is 0 Å². The highest BCUT2D eigenvalue weighted by Crippen LogP contribution is 2.27. The van der Waals surface area contributed by atoms with Gasteiger partial charge in [-0.05, 0) is 12.1 Å². The molecule has 1 aliphatic rings. The maximum Gasteiger partial charge on any atom is 0.291 e. The van der Waals surface area contributed by atoms with E-state index >= 15 is 0 Å². The number of para-hydroxylation sites is 1. The largest absolute Gasteiger partial charge is 0.383 e. The minimum atomic E-state index is -0.271. The van der Waals surface area contributed by atoms with Gasteiger partial charge in [0.2, 0.25) is 5.91 Å². The summed E-state index contributed by atoms with van der Waals surface area (Å²) in [4.78, 5) is 25.4. The van der Waals surface area contributed by atoms with E-state index in [9.17, 15) is 9.59 Å². The summed E-state index contributed by atoms with van der Waals surface area (Å²) in [6, 6.07) is 9.76. The highest BCUT2D eigenvalue weighted by atomic mass is 16.5. The molecule has 7 heteroatoms. The Bertz CT molecular complexity index is 892. The van der Waals surface area contributed by atoms with E-state index in [0.29, 0.717) is 25.4 Å². The van der Waals surface area contributed by atoms with Gasteiger partial charge in [0.25, 0.3) is 5.91 Å². The fourth-order valence-electron chi connectivity index (χ4n) is 3.04. The van der Waals surface area contributed by atoms with E-state index in [0.717, 1.165) is 16.6 Å². The Morgan fingerprint density at radius 3 is 2.74 bits per heavy atom. The van der Waals surface area contributed by atoms with Gasteiger partial charge in [0.15, 0.2) is 0 Å². The molecule has 7 nitrogen and oxygen atoms in total. The Kier molecular flexibility index (Phi) is 5.32. The first-order chi connectivity index (χ1) is 12.8. The van der Waals surface area contributed by atoms with Crippen LogP contribution in [0.15, 0.2) is 35.4 Å². The molecule has 2 amide bonds. The van der Waals surface area contributed by atoms with Crippen LogP contribution in [0.3, 0.4) is 0 Å². The molecule has 1 aliphatic heterocycles. The van der Waals surface area contributed by atoms with Crippen LogP contribution in [0, 0.1) is 5.41 Å². The van der Waals surface area contributed by atoms with E-state index in [-0.39, 0.29) is 23.8 Å². The number of amides is 2. The number of carbonyl (C=O) groups is 2. The molecule has 0 aliphatic carbocycles. The number of nitrogens with one attached hydrogen (secondary N) is 1. The normalized spacial score (nSPS) is 14.7. The van der Waals surface area contributed by atoms with Crippen LogP contribution in [0.4, 0.5) is 0 Å². The topological polar surface area (TPSA) is 75.9 Å². The van der Waals surface area contributed by atoms with Gasteiger partial charge < -0.3 is 14.6 Å². The number of aromatic nitrogens is 1. The zero-order chi connectivity index (χ0) is 19.6. The van der Waals surface area contributed by atoms with Crippen molar-refractivity contribution in [3.8, 4) is 0 Å². The smallest absolute Gasteiger partial charge is 0.291 e. The molecule has 27 heavy (non-hydrogen) atoms. The van der Waals surface area contributed by atoms with Gasteiger partial charge in [-0.3, -0.25) is 9.59 Å². The van der Waals surface area contributed by atoms with Crippen molar-refractivity contribution >= 4 is 28.4 Å².